The summed E-state index contributed by atoms with van der Waals surface area (Å²) in [4.78, 5) is 0. The Bertz CT molecular complexity index is 62.7. The standard InChI is InChI=1S/C4H9N2S/c1-2-3-7-4(5)6/h3H,2H2,1H3,(H3,5,6). The van der Waals surface area contributed by atoms with E-state index in [2.05, 4.69) is 0 Å². The maximum atomic E-state index is 6.71. The van der Waals surface area contributed by atoms with Crippen LogP contribution in [-0.2, 0) is 0 Å². The molecule has 0 heterocycles. The number of thioether (sulfide) groups is 1. The molecule has 0 aromatic rings. The predicted octanol–water partition coefficient (Wildman–Crippen LogP) is 1.18. The van der Waals surface area contributed by atoms with Gasteiger partial charge in [0.05, 0.1) is 0 Å². The second kappa shape index (κ2) is 3.99. The third-order valence-electron chi connectivity index (χ3n) is 0.377. The second-order valence-electron chi connectivity index (χ2n) is 1.06. The molecule has 0 aliphatic rings. The van der Waals surface area contributed by atoms with Gasteiger partial charge in [0.15, 0.2) is 5.17 Å². The normalized spacial score (nSPS) is 8.71. The van der Waals surface area contributed by atoms with Gasteiger partial charge in [-0.25, -0.2) is 0 Å². The molecule has 0 spiro atoms. The van der Waals surface area contributed by atoms with Crippen molar-refractivity contribution in [3.63, 3.8) is 0 Å². The predicted molar refractivity (Wildman–Crippen MR) is 34.1 cm³/mol. The van der Waals surface area contributed by atoms with E-state index in [9.17, 15) is 0 Å². The van der Waals surface area contributed by atoms with Gasteiger partial charge in [-0.15, -0.1) is 0 Å². The van der Waals surface area contributed by atoms with Crippen LogP contribution in [0, 0.1) is 11.2 Å². The lowest BCUT2D eigenvalue weighted by atomic mass is 10.6. The quantitative estimate of drug-likeness (QED) is 0.421. The third kappa shape index (κ3) is 5.82. The molecule has 0 rings (SSSR count). The highest BCUT2D eigenvalue weighted by molar-refractivity contribution is 8.15. The fourth-order valence-corrected chi connectivity index (χ4v) is 0.519. The molecule has 3 N–H and O–H groups in total. The van der Waals surface area contributed by atoms with Crippen LogP contribution in [0.25, 0.3) is 0 Å². The van der Waals surface area contributed by atoms with Crippen molar-refractivity contribution >= 4 is 16.9 Å². The Kier molecular flexibility index (Phi) is 3.89. The van der Waals surface area contributed by atoms with E-state index in [4.69, 9.17) is 11.1 Å². The number of hydrogen-bond acceptors (Lipinski definition) is 2. The first-order chi connectivity index (χ1) is 3.27. The fraction of sp³-hybridized carbons (Fsp3) is 0.500. The van der Waals surface area contributed by atoms with E-state index in [0.717, 1.165) is 6.42 Å². The minimum atomic E-state index is 0.168. The Morgan fingerprint density at radius 1 is 2.00 bits per heavy atom. The average Bonchev–Trinajstić information content (AvgIpc) is 1.61. The first-order valence-electron chi connectivity index (χ1n) is 2.09. The van der Waals surface area contributed by atoms with Crippen molar-refractivity contribution in [3.05, 3.63) is 5.75 Å². The molecule has 0 saturated heterocycles. The molecule has 0 unspecified atom stereocenters. The zero-order valence-electron chi connectivity index (χ0n) is 4.27. The van der Waals surface area contributed by atoms with Gasteiger partial charge in [0, 0.05) is 5.75 Å². The number of rotatable bonds is 2. The van der Waals surface area contributed by atoms with Gasteiger partial charge in [-0.1, -0.05) is 18.7 Å². The van der Waals surface area contributed by atoms with Crippen LogP contribution in [0.4, 0.5) is 0 Å². The summed E-state index contributed by atoms with van der Waals surface area (Å²) in [5.41, 5.74) is 4.99. The molecule has 41 valence electrons. The van der Waals surface area contributed by atoms with Crippen LogP contribution in [0.3, 0.4) is 0 Å². The molecule has 0 saturated carbocycles. The summed E-state index contributed by atoms with van der Waals surface area (Å²) in [6.45, 7) is 2.01. The van der Waals surface area contributed by atoms with Gasteiger partial charge in [0.2, 0.25) is 0 Å². The third-order valence-corrected chi connectivity index (χ3v) is 1.13. The van der Waals surface area contributed by atoms with Crippen LogP contribution in [0.2, 0.25) is 0 Å². The van der Waals surface area contributed by atoms with Crippen molar-refractivity contribution in [2.45, 2.75) is 13.3 Å². The van der Waals surface area contributed by atoms with E-state index in [1.54, 1.807) is 0 Å². The Morgan fingerprint density at radius 3 is 2.71 bits per heavy atom. The van der Waals surface area contributed by atoms with E-state index in [1.807, 2.05) is 12.7 Å². The minimum absolute atomic E-state index is 0.168. The van der Waals surface area contributed by atoms with Crippen molar-refractivity contribution in [2.24, 2.45) is 5.73 Å². The van der Waals surface area contributed by atoms with E-state index >= 15 is 0 Å². The van der Waals surface area contributed by atoms with Crippen molar-refractivity contribution < 1.29 is 0 Å². The first-order valence-corrected chi connectivity index (χ1v) is 2.97. The molecule has 7 heavy (non-hydrogen) atoms. The lowest BCUT2D eigenvalue weighted by molar-refractivity contribution is 1.20. The van der Waals surface area contributed by atoms with E-state index in [-0.39, 0.29) is 5.17 Å². The highest BCUT2D eigenvalue weighted by Crippen LogP contribution is 2.04. The Hall–Kier alpha value is -0.180. The molecule has 0 aromatic carbocycles. The molecule has 0 aromatic heterocycles. The Labute approximate surface area is 48.0 Å². The van der Waals surface area contributed by atoms with Crippen molar-refractivity contribution in [3.8, 4) is 0 Å². The van der Waals surface area contributed by atoms with Gasteiger partial charge in [0.1, 0.15) is 0 Å². The zero-order valence-corrected chi connectivity index (χ0v) is 5.09. The summed E-state index contributed by atoms with van der Waals surface area (Å²) >= 11 is 1.27. The summed E-state index contributed by atoms with van der Waals surface area (Å²) in [6, 6.07) is 0. The number of amidine groups is 1. The molecule has 0 atom stereocenters. The van der Waals surface area contributed by atoms with Crippen LogP contribution in [-0.4, -0.2) is 5.17 Å². The molecule has 0 aliphatic carbocycles. The topological polar surface area (TPSA) is 49.9 Å². The monoisotopic (exact) mass is 117 g/mol. The first kappa shape index (κ1) is 6.82. The van der Waals surface area contributed by atoms with Crippen LogP contribution < -0.4 is 5.73 Å². The van der Waals surface area contributed by atoms with Crippen LogP contribution in [0.15, 0.2) is 0 Å². The summed E-state index contributed by atoms with van der Waals surface area (Å²) in [6.07, 6.45) is 0.963. The molecule has 2 nitrogen and oxygen atoms in total. The van der Waals surface area contributed by atoms with Crippen LogP contribution >= 0.6 is 11.8 Å². The lowest BCUT2D eigenvalue weighted by Gasteiger charge is -1.89. The SMILES string of the molecule is CC[CH]SC(=N)N. The number of nitrogens with one attached hydrogen (secondary N) is 1. The molecule has 0 aliphatic heterocycles. The van der Waals surface area contributed by atoms with Gasteiger partial charge in [-0.2, -0.15) is 0 Å². The van der Waals surface area contributed by atoms with Crippen molar-refractivity contribution in [1.82, 2.24) is 0 Å². The largest absolute Gasteiger partial charge is 0.379 e. The Balaban J connectivity index is 2.82. The van der Waals surface area contributed by atoms with E-state index in [0.29, 0.717) is 0 Å². The number of nitrogens with two attached hydrogens (primary N) is 1. The lowest BCUT2D eigenvalue weighted by Crippen LogP contribution is -2.02. The van der Waals surface area contributed by atoms with Crippen molar-refractivity contribution in [2.75, 3.05) is 0 Å². The highest BCUT2D eigenvalue weighted by Gasteiger charge is 1.84. The summed E-state index contributed by atoms with van der Waals surface area (Å²) < 4.78 is 0. The molecular formula is C4H9N2S. The second-order valence-corrected chi connectivity index (χ2v) is 2.07. The van der Waals surface area contributed by atoms with Crippen LogP contribution in [0.5, 0.6) is 0 Å². The zero-order chi connectivity index (χ0) is 5.70. The van der Waals surface area contributed by atoms with Gasteiger partial charge >= 0.3 is 0 Å². The smallest absolute Gasteiger partial charge is 0.151 e. The Morgan fingerprint density at radius 2 is 2.57 bits per heavy atom. The minimum Gasteiger partial charge on any atom is -0.379 e. The van der Waals surface area contributed by atoms with Gasteiger partial charge in [0.25, 0.3) is 0 Å². The molecule has 0 amide bonds. The maximum absolute atomic E-state index is 6.71. The highest BCUT2D eigenvalue weighted by atomic mass is 32.2. The molecule has 0 fully saturated rings. The summed E-state index contributed by atoms with van der Waals surface area (Å²) in [5.74, 6) is 1.89. The maximum Gasteiger partial charge on any atom is 0.151 e. The van der Waals surface area contributed by atoms with Gasteiger partial charge < -0.3 is 5.73 Å². The summed E-state index contributed by atoms with van der Waals surface area (Å²) in [5, 5.41) is 6.88. The van der Waals surface area contributed by atoms with Crippen molar-refractivity contribution in [1.29, 1.82) is 5.41 Å². The molecule has 1 radical (unpaired) electrons. The summed E-state index contributed by atoms with van der Waals surface area (Å²) in [7, 11) is 0. The van der Waals surface area contributed by atoms with Gasteiger partial charge in [-0.05, 0) is 6.42 Å². The van der Waals surface area contributed by atoms with E-state index < -0.39 is 0 Å². The number of hydrogen-bond donors (Lipinski definition) is 2. The molecule has 0 bridgehead atoms. The molecule has 3 heteroatoms. The fourth-order valence-electron chi connectivity index (χ4n) is 0.173. The van der Waals surface area contributed by atoms with E-state index in [1.165, 1.54) is 11.8 Å². The van der Waals surface area contributed by atoms with Gasteiger partial charge in [-0.3, -0.25) is 5.41 Å². The average molecular weight is 117 g/mol. The molecular weight excluding hydrogens is 108 g/mol. The van der Waals surface area contributed by atoms with Crippen LogP contribution in [0.1, 0.15) is 13.3 Å².